The second kappa shape index (κ2) is 7.63. The van der Waals surface area contributed by atoms with Crippen LogP contribution >= 0.6 is 0 Å². The number of fused-ring (bicyclic) bond motifs is 1. The van der Waals surface area contributed by atoms with Gasteiger partial charge < -0.3 is 4.74 Å². The molecule has 4 rings (SSSR count). The van der Waals surface area contributed by atoms with E-state index < -0.39 is 16.7 Å². The summed E-state index contributed by atoms with van der Waals surface area (Å²) in [5.74, 6) is -0.612. The number of nitro groups is 1. The van der Waals surface area contributed by atoms with Crippen molar-refractivity contribution in [3.8, 4) is 5.75 Å². The average molecular weight is 400 g/mol. The molecule has 0 spiro atoms. The summed E-state index contributed by atoms with van der Waals surface area (Å²) in [5.41, 5.74) is 1.83. The van der Waals surface area contributed by atoms with Gasteiger partial charge in [-0.3, -0.25) is 19.7 Å². The summed E-state index contributed by atoms with van der Waals surface area (Å²) in [6.07, 6.45) is 1.56. The second-order valence-corrected chi connectivity index (χ2v) is 6.57. The zero-order valence-electron chi connectivity index (χ0n) is 15.9. The smallest absolute Gasteiger partial charge is 0.270 e. The molecule has 148 valence electrons. The predicted octanol–water partition coefficient (Wildman–Crippen LogP) is 4.33. The largest absolute Gasteiger partial charge is 0.495 e. The molecule has 1 aliphatic heterocycles. The minimum Gasteiger partial charge on any atom is -0.495 e. The predicted molar refractivity (Wildman–Crippen MR) is 112 cm³/mol. The van der Waals surface area contributed by atoms with Crippen molar-refractivity contribution in [3.05, 3.63) is 99.6 Å². The van der Waals surface area contributed by atoms with Gasteiger partial charge in [0.15, 0.2) is 0 Å². The summed E-state index contributed by atoms with van der Waals surface area (Å²) in [7, 11) is 1.46. The first-order valence-electron chi connectivity index (χ1n) is 9.08. The first kappa shape index (κ1) is 19.1. The van der Waals surface area contributed by atoms with Crippen molar-refractivity contribution in [2.75, 3.05) is 12.0 Å². The molecule has 0 aliphatic carbocycles. The summed E-state index contributed by atoms with van der Waals surface area (Å²) in [5, 5.41) is 11.1. The standard InChI is InChI=1S/C23H16N2O5/c1-30-21-12-5-4-11-20(21)24-22(26)18-10-3-2-9-17(18)19(23(24)27)14-15-7-6-8-16(13-15)25(28)29/h2-14H,1H3/b19-14-. The molecule has 1 aliphatic rings. The number of non-ortho nitro benzene ring substituents is 1. The molecular weight excluding hydrogens is 384 g/mol. The fraction of sp³-hybridized carbons (Fsp3) is 0.0435. The van der Waals surface area contributed by atoms with E-state index in [9.17, 15) is 19.7 Å². The van der Waals surface area contributed by atoms with Crippen LogP contribution in [0.5, 0.6) is 5.75 Å². The Morgan fingerprint density at radius 3 is 2.33 bits per heavy atom. The van der Waals surface area contributed by atoms with Crippen molar-refractivity contribution < 1.29 is 19.2 Å². The van der Waals surface area contributed by atoms with Crippen molar-refractivity contribution in [3.63, 3.8) is 0 Å². The number of anilines is 1. The molecule has 0 bridgehead atoms. The van der Waals surface area contributed by atoms with E-state index in [4.69, 9.17) is 4.74 Å². The third-order valence-corrected chi connectivity index (χ3v) is 4.80. The molecule has 7 heteroatoms. The molecule has 0 saturated carbocycles. The highest BCUT2D eigenvalue weighted by Crippen LogP contribution is 2.37. The molecule has 0 radical (unpaired) electrons. The fourth-order valence-corrected chi connectivity index (χ4v) is 3.42. The number of hydrogen-bond donors (Lipinski definition) is 0. The van der Waals surface area contributed by atoms with Gasteiger partial charge in [0, 0.05) is 23.3 Å². The van der Waals surface area contributed by atoms with Crippen molar-refractivity contribution >= 4 is 34.8 Å². The molecule has 0 saturated heterocycles. The van der Waals surface area contributed by atoms with Gasteiger partial charge in [-0.15, -0.1) is 0 Å². The molecule has 0 N–H and O–H groups in total. The van der Waals surface area contributed by atoms with Crippen LogP contribution in [0.3, 0.4) is 0 Å². The Morgan fingerprint density at radius 1 is 0.900 bits per heavy atom. The molecule has 2 amide bonds. The number of carbonyl (C=O) groups excluding carboxylic acids is 2. The monoisotopic (exact) mass is 400 g/mol. The Bertz CT molecular complexity index is 1220. The molecule has 7 nitrogen and oxygen atoms in total. The molecule has 0 unspecified atom stereocenters. The van der Waals surface area contributed by atoms with Gasteiger partial charge in [0.1, 0.15) is 5.75 Å². The van der Waals surface area contributed by atoms with Crippen LogP contribution in [0.25, 0.3) is 11.6 Å². The van der Waals surface area contributed by atoms with E-state index in [1.165, 1.54) is 19.2 Å². The Hall–Kier alpha value is -4.26. The first-order chi connectivity index (χ1) is 14.5. The Morgan fingerprint density at radius 2 is 1.60 bits per heavy atom. The zero-order chi connectivity index (χ0) is 21.3. The number of nitrogens with zero attached hydrogens (tertiary/aromatic N) is 2. The zero-order valence-corrected chi connectivity index (χ0v) is 15.9. The molecular formula is C23H16N2O5. The lowest BCUT2D eigenvalue weighted by Crippen LogP contribution is -2.42. The van der Waals surface area contributed by atoms with Gasteiger partial charge in [-0.1, -0.05) is 42.5 Å². The molecule has 0 fully saturated rings. The molecule has 0 aromatic heterocycles. The topological polar surface area (TPSA) is 89.8 Å². The van der Waals surface area contributed by atoms with Crippen LogP contribution in [0.4, 0.5) is 11.4 Å². The number of methoxy groups -OCH3 is 1. The van der Waals surface area contributed by atoms with E-state index in [1.807, 2.05) is 0 Å². The van der Waals surface area contributed by atoms with E-state index in [-0.39, 0.29) is 11.3 Å². The van der Waals surface area contributed by atoms with Crippen LogP contribution in [0, 0.1) is 10.1 Å². The quantitative estimate of drug-likeness (QED) is 0.281. The van der Waals surface area contributed by atoms with E-state index in [1.54, 1.807) is 66.7 Å². The maximum Gasteiger partial charge on any atom is 0.270 e. The lowest BCUT2D eigenvalue weighted by Gasteiger charge is -2.29. The lowest BCUT2D eigenvalue weighted by molar-refractivity contribution is -0.384. The highest BCUT2D eigenvalue weighted by atomic mass is 16.6. The van der Waals surface area contributed by atoms with Crippen molar-refractivity contribution in [1.82, 2.24) is 0 Å². The van der Waals surface area contributed by atoms with Gasteiger partial charge in [-0.05, 0) is 35.4 Å². The highest BCUT2D eigenvalue weighted by Gasteiger charge is 2.37. The minimum atomic E-state index is -0.533. The van der Waals surface area contributed by atoms with Crippen molar-refractivity contribution in [2.45, 2.75) is 0 Å². The van der Waals surface area contributed by atoms with Gasteiger partial charge in [0.2, 0.25) is 0 Å². The van der Waals surface area contributed by atoms with Crippen LogP contribution in [-0.4, -0.2) is 23.8 Å². The summed E-state index contributed by atoms with van der Waals surface area (Å²) in [6, 6.07) is 19.5. The van der Waals surface area contributed by atoms with Crippen molar-refractivity contribution in [1.29, 1.82) is 0 Å². The summed E-state index contributed by atoms with van der Waals surface area (Å²) < 4.78 is 5.34. The lowest BCUT2D eigenvalue weighted by atomic mass is 9.91. The van der Waals surface area contributed by atoms with Gasteiger partial charge >= 0.3 is 0 Å². The molecule has 3 aromatic carbocycles. The van der Waals surface area contributed by atoms with Crippen LogP contribution in [0.15, 0.2) is 72.8 Å². The molecule has 0 atom stereocenters. The number of carbonyl (C=O) groups is 2. The number of hydrogen-bond acceptors (Lipinski definition) is 5. The maximum atomic E-state index is 13.4. The summed E-state index contributed by atoms with van der Waals surface area (Å²) >= 11 is 0. The second-order valence-electron chi connectivity index (χ2n) is 6.57. The van der Waals surface area contributed by atoms with E-state index >= 15 is 0 Å². The number of para-hydroxylation sites is 2. The van der Waals surface area contributed by atoms with Gasteiger partial charge in [0.25, 0.3) is 17.5 Å². The normalized spacial score (nSPS) is 14.6. The third kappa shape index (κ3) is 3.22. The molecule has 30 heavy (non-hydrogen) atoms. The number of rotatable bonds is 4. The highest BCUT2D eigenvalue weighted by molar-refractivity contribution is 6.43. The van der Waals surface area contributed by atoms with Crippen LogP contribution < -0.4 is 9.64 Å². The molecule has 3 aromatic rings. The Labute approximate surface area is 172 Å². The number of nitro benzene ring substituents is 1. The van der Waals surface area contributed by atoms with Crippen LogP contribution in [0.2, 0.25) is 0 Å². The average Bonchev–Trinajstić information content (AvgIpc) is 2.77. The van der Waals surface area contributed by atoms with Crippen molar-refractivity contribution in [2.24, 2.45) is 0 Å². The SMILES string of the molecule is COc1ccccc1N1C(=O)/C(=C\c2cccc([N+](=O)[O-])c2)c2ccccc2C1=O. The van der Waals surface area contributed by atoms with E-state index in [0.29, 0.717) is 28.1 Å². The Kier molecular flexibility index (Phi) is 4.85. The maximum absolute atomic E-state index is 13.4. The summed E-state index contributed by atoms with van der Waals surface area (Å²) in [4.78, 5) is 38.3. The van der Waals surface area contributed by atoms with Crippen LogP contribution in [0.1, 0.15) is 21.5 Å². The molecule has 1 heterocycles. The van der Waals surface area contributed by atoms with Gasteiger partial charge in [-0.2, -0.15) is 0 Å². The third-order valence-electron chi connectivity index (χ3n) is 4.80. The van der Waals surface area contributed by atoms with Gasteiger partial charge in [0.05, 0.1) is 17.7 Å². The number of ether oxygens (including phenoxy) is 1. The fourth-order valence-electron chi connectivity index (χ4n) is 3.42. The number of benzene rings is 3. The van der Waals surface area contributed by atoms with E-state index in [0.717, 1.165) is 4.90 Å². The first-order valence-corrected chi connectivity index (χ1v) is 9.08. The van der Waals surface area contributed by atoms with E-state index in [2.05, 4.69) is 0 Å². The number of imide groups is 1. The Balaban J connectivity index is 1.91. The minimum absolute atomic E-state index is 0.0847. The number of amides is 2. The summed E-state index contributed by atoms with van der Waals surface area (Å²) in [6.45, 7) is 0. The van der Waals surface area contributed by atoms with Crippen LogP contribution in [-0.2, 0) is 4.79 Å². The van der Waals surface area contributed by atoms with Gasteiger partial charge in [-0.25, -0.2) is 4.90 Å².